The third kappa shape index (κ3) is 6.95. The van der Waals surface area contributed by atoms with Crippen LogP contribution in [-0.2, 0) is 28.9 Å². The molecule has 8 heteroatoms. The van der Waals surface area contributed by atoms with Crippen molar-refractivity contribution in [2.75, 3.05) is 25.5 Å². The predicted molar refractivity (Wildman–Crippen MR) is 157 cm³/mol. The van der Waals surface area contributed by atoms with Gasteiger partial charge < -0.3 is 25.5 Å². The van der Waals surface area contributed by atoms with Crippen LogP contribution in [0.15, 0.2) is 49.1 Å². The van der Waals surface area contributed by atoms with E-state index in [0.29, 0.717) is 37.9 Å². The molecular weight excluding hydrogens is 490 g/mol. The third-order valence-electron chi connectivity index (χ3n) is 6.91. The van der Waals surface area contributed by atoms with Crippen LogP contribution in [0.1, 0.15) is 55.1 Å². The van der Waals surface area contributed by atoms with Gasteiger partial charge in [0.15, 0.2) is 5.82 Å². The first-order valence-corrected chi connectivity index (χ1v) is 13.7. The second kappa shape index (κ2) is 13.2. The minimum atomic E-state index is -0.159. The van der Waals surface area contributed by atoms with E-state index in [1.165, 1.54) is 11.6 Å². The summed E-state index contributed by atoms with van der Waals surface area (Å²) in [7, 11) is 0. The van der Waals surface area contributed by atoms with E-state index in [9.17, 15) is 9.90 Å². The predicted octanol–water partition coefficient (Wildman–Crippen LogP) is 5.21. The van der Waals surface area contributed by atoms with E-state index in [2.05, 4.69) is 41.6 Å². The second-order valence-electron chi connectivity index (χ2n) is 9.95. The molecule has 0 atom stereocenters. The van der Waals surface area contributed by atoms with E-state index in [-0.39, 0.29) is 5.91 Å². The summed E-state index contributed by atoms with van der Waals surface area (Å²) < 4.78 is 7.98. The smallest absolute Gasteiger partial charge is 0.243 e. The van der Waals surface area contributed by atoms with Gasteiger partial charge in [0, 0.05) is 38.1 Å². The van der Waals surface area contributed by atoms with E-state index in [4.69, 9.17) is 20.4 Å². The first kappa shape index (κ1) is 28.1. The number of phenolic OH excluding ortho intramolecular Hbond substituents is 1. The fourth-order valence-electron chi connectivity index (χ4n) is 4.79. The Hall–Kier alpha value is -3.91. The van der Waals surface area contributed by atoms with E-state index in [0.717, 1.165) is 77.4 Å². The Bertz CT molecular complexity index is 1460. The molecular formula is C31H39N5O3. The number of ether oxygens (including phenoxy) is 1. The summed E-state index contributed by atoms with van der Waals surface area (Å²) in [5.74, 6) is 1.59. The van der Waals surface area contributed by atoms with Gasteiger partial charge in [-0.2, -0.15) is 0 Å². The summed E-state index contributed by atoms with van der Waals surface area (Å²) in [6.07, 6.45) is 6.79. The lowest BCUT2D eigenvalue weighted by molar-refractivity contribution is -0.116. The number of aromatic hydroxyl groups is 1. The summed E-state index contributed by atoms with van der Waals surface area (Å²) in [4.78, 5) is 20.8. The Morgan fingerprint density at radius 3 is 2.67 bits per heavy atom. The monoisotopic (exact) mass is 529 g/mol. The quantitative estimate of drug-likeness (QED) is 0.153. The minimum Gasteiger partial charge on any atom is -0.508 e. The van der Waals surface area contributed by atoms with Gasteiger partial charge in [-0.3, -0.25) is 4.79 Å². The van der Waals surface area contributed by atoms with Crippen molar-refractivity contribution < 1.29 is 14.6 Å². The SMILES string of the molecule is C=CC(=O)NCCCOCCCc1ccc2c(c1)nc(N)c1nc(CCCC)n(Cc3ccc(O)c(C)c3)c12. The van der Waals surface area contributed by atoms with Crippen molar-refractivity contribution in [1.29, 1.82) is 0 Å². The molecule has 2 aromatic carbocycles. The number of carbonyl (C=O) groups is 1. The highest BCUT2D eigenvalue weighted by Gasteiger charge is 2.18. The molecule has 4 rings (SSSR count). The molecule has 0 aliphatic carbocycles. The summed E-state index contributed by atoms with van der Waals surface area (Å²) in [6.45, 7) is 10.0. The van der Waals surface area contributed by atoms with Crippen LogP contribution in [0, 0.1) is 6.92 Å². The first-order valence-electron chi connectivity index (χ1n) is 13.7. The molecule has 0 aliphatic heterocycles. The number of benzene rings is 2. The summed E-state index contributed by atoms with van der Waals surface area (Å²) in [5.41, 5.74) is 12.2. The second-order valence-corrected chi connectivity index (χ2v) is 9.95. The summed E-state index contributed by atoms with van der Waals surface area (Å²) in [6, 6.07) is 12.1. The van der Waals surface area contributed by atoms with Crippen LogP contribution in [0.25, 0.3) is 21.9 Å². The molecule has 0 saturated heterocycles. The highest BCUT2D eigenvalue weighted by molar-refractivity contribution is 6.06. The Balaban J connectivity index is 1.53. The molecule has 0 bridgehead atoms. The van der Waals surface area contributed by atoms with Gasteiger partial charge in [-0.25, -0.2) is 9.97 Å². The maximum absolute atomic E-state index is 11.2. The maximum Gasteiger partial charge on any atom is 0.243 e. The largest absolute Gasteiger partial charge is 0.508 e. The lowest BCUT2D eigenvalue weighted by Gasteiger charge is -2.13. The number of carbonyl (C=O) groups excluding carboxylic acids is 1. The number of anilines is 1. The van der Waals surface area contributed by atoms with Crippen molar-refractivity contribution >= 4 is 33.7 Å². The molecule has 4 aromatic rings. The molecule has 0 unspecified atom stereocenters. The zero-order valence-corrected chi connectivity index (χ0v) is 23.0. The van der Waals surface area contributed by atoms with Gasteiger partial charge in [0.2, 0.25) is 5.91 Å². The topological polar surface area (TPSA) is 115 Å². The van der Waals surface area contributed by atoms with Crippen LogP contribution in [0.2, 0.25) is 0 Å². The third-order valence-corrected chi connectivity index (χ3v) is 6.91. The van der Waals surface area contributed by atoms with Gasteiger partial charge >= 0.3 is 0 Å². The average Bonchev–Trinajstić information content (AvgIpc) is 3.29. The number of aromatic nitrogens is 3. The number of nitrogens with one attached hydrogen (secondary N) is 1. The van der Waals surface area contributed by atoms with E-state index in [1.54, 1.807) is 6.07 Å². The Kier molecular flexibility index (Phi) is 9.54. The molecule has 1 amide bonds. The van der Waals surface area contributed by atoms with Crippen LogP contribution < -0.4 is 11.1 Å². The zero-order chi connectivity index (χ0) is 27.8. The number of rotatable bonds is 14. The van der Waals surface area contributed by atoms with Crippen LogP contribution in [0.4, 0.5) is 5.82 Å². The van der Waals surface area contributed by atoms with Crippen LogP contribution >= 0.6 is 0 Å². The van der Waals surface area contributed by atoms with Gasteiger partial charge in [-0.1, -0.05) is 44.2 Å². The number of hydrogen-bond donors (Lipinski definition) is 3. The number of aryl methyl sites for hydroxylation is 3. The van der Waals surface area contributed by atoms with Gasteiger partial charge in [0.1, 0.15) is 17.1 Å². The number of amides is 1. The Morgan fingerprint density at radius 2 is 1.90 bits per heavy atom. The molecule has 39 heavy (non-hydrogen) atoms. The number of phenols is 1. The van der Waals surface area contributed by atoms with E-state index >= 15 is 0 Å². The zero-order valence-electron chi connectivity index (χ0n) is 23.0. The summed E-state index contributed by atoms with van der Waals surface area (Å²) in [5, 5.41) is 13.8. The molecule has 0 radical (unpaired) electrons. The number of fused-ring (bicyclic) bond motifs is 3. The summed E-state index contributed by atoms with van der Waals surface area (Å²) >= 11 is 0. The molecule has 0 spiro atoms. The van der Waals surface area contributed by atoms with Crippen molar-refractivity contribution in [2.45, 2.75) is 58.9 Å². The normalized spacial score (nSPS) is 11.3. The van der Waals surface area contributed by atoms with E-state index < -0.39 is 0 Å². The number of unbranched alkanes of at least 4 members (excludes halogenated alkanes) is 1. The number of nitrogen functional groups attached to an aromatic ring is 1. The lowest BCUT2D eigenvalue weighted by Crippen LogP contribution is -2.22. The fraction of sp³-hybridized carbons (Fsp3) is 0.387. The van der Waals surface area contributed by atoms with Crippen LogP contribution in [-0.4, -0.2) is 45.3 Å². The number of imidazole rings is 1. The highest BCUT2D eigenvalue weighted by atomic mass is 16.5. The van der Waals surface area contributed by atoms with Crippen LogP contribution in [0.5, 0.6) is 5.75 Å². The fourth-order valence-corrected chi connectivity index (χ4v) is 4.79. The first-order chi connectivity index (χ1) is 18.9. The Labute approximate surface area is 229 Å². The number of hydrogen-bond acceptors (Lipinski definition) is 6. The minimum absolute atomic E-state index is 0.159. The molecule has 2 aromatic heterocycles. The standard InChI is InChI=1S/C31H39N5O3/c1-4-6-10-27-35-29-30(36(27)20-23-12-14-26(37)21(3)18-23)24-13-11-22(19-25(24)34-31(29)32)9-7-16-39-17-8-15-33-28(38)5-2/h5,11-14,18-19,37H,2,4,6-10,15-17,20H2,1,3H3,(H2,32,34)(H,33,38). The van der Waals surface area contributed by atoms with Gasteiger partial charge in [-0.05, 0) is 67.5 Å². The maximum atomic E-state index is 11.2. The average molecular weight is 530 g/mol. The molecule has 0 fully saturated rings. The van der Waals surface area contributed by atoms with Gasteiger partial charge in [0.25, 0.3) is 0 Å². The van der Waals surface area contributed by atoms with Gasteiger partial charge in [-0.15, -0.1) is 0 Å². The van der Waals surface area contributed by atoms with Crippen LogP contribution in [0.3, 0.4) is 0 Å². The van der Waals surface area contributed by atoms with Crippen molar-refractivity contribution in [3.8, 4) is 5.75 Å². The Morgan fingerprint density at radius 1 is 1.10 bits per heavy atom. The van der Waals surface area contributed by atoms with Crippen molar-refractivity contribution in [3.63, 3.8) is 0 Å². The van der Waals surface area contributed by atoms with Crippen molar-refractivity contribution in [1.82, 2.24) is 19.9 Å². The molecule has 4 N–H and O–H groups in total. The molecule has 206 valence electrons. The van der Waals surface area contributed by atoms with Crippen molar-refractivity contribution in [3.05, 3.63) is 71.6 Å². The van der Waals surface area contributed by atoms with Gasteiger partial charge in [0.05, 0.1) is 11.0 Å². The molecule has 8 nitrogen and oxygen atoms in total. The van der Waals surface area contributed by atoms with E-state index in [1.807, 2.05) is 19.1 Å². The number of pyridine rings is 1. The molecule has 0 saturated carbocycles. The van der Waals surface area contributed by atoms with Crippen molar-refractivity contribution in [2.24, 2.45) is 0 Å². The molecule has 2 heterocycles. The molecule has 0 aliphatic rings. The number of nitrogens with zero attached hydrogens (tertiary/aromatic N) is 3. The lowest BCUT2D eigenvalue weighted by atomic mass is 10.1. The number of nitrogens with two attached hydrogens (primary N) is 1. The highest BCUT2D eigenvalue weighted by Crippen LogP contribution is 2.31.